The van der Waals surface area contributed by atoms with Crippen LogP contribution in [0, 0.1) is 5.82 Å². The molecule has 1 atom stereocenters. The van der Waals surface area contributed by atoms with E-state index in [4.69, 9.17) is 4.74 Å². The maximum absolute atomic E-state index is 12.5. The van der Waals surface area contributed by atoms with Gasteiger partial charge in [0.2, 0.25) is 5.82 Å². The molecule has 5 heteroatoms. The molecule has 1 rings (SSSR count). The number of nitrogens with one attached hydrogen (secondary N) is 1. The molecule has 0 radical (unpaired) electrons. The highest BCUT2D eigenvalue weighted by Gasteiger charge is 2.05. The van der Waals surface area contributed by atoms with E-state index < -0.39 is 11.4 Å². The van der Waals surface area contributed by atoms with Crippen LogP contribution < -0.4 is 10.3 Å². The summed E-state index contributed by atoms with van der Waals surface area (Å²) in [5, 5.41) is 0. The lowest BCUT2D eigenvalue weighted by molar-refractivity contribution is 0.197. The number of rotatable bonds is 3. The summed E-state index contributed by atoms with van der Waals surface area (Å²) in [7, 11) is 0. The van der Waals surface area contributed by atoms with Crippen LogP contribution in [0.2, 0.25) is 0 Å². The number of nitrogens with zero attached hydrogens (tertiary/aromatic N) is 1. The predicted molar refractivity (Wildman–Crippen MR) is 45.2 cm³/mol. The second-order valence-electron chi connectivity index (χ2n) is 2.70. The van der Waals surface area contributed by atoms with Crippen molar-refractivity contribution < 1.29 is 9.13 Å². The molecule has 72 valence electrons. The number of ether oxygens (including phenoxy) is 1. The van der Waals surface area contributed by atoms with Crippen molar-refractivity contribution in [3.05, 3.63) is 22.4 Å². The largest absolute Gasteiger partial charge is 0.462 e. The van der Waals surface area contributed by atoms with Gasteiger partial charge >= 0.3 is 5.56 Å². The van der Waals surface area contributed by atoms with Crippen LogP contribution in [0.4, 0.5) is 4.39 Å². The summed E-state index contributed by atoms with van der Waals surface area (Å²) in [5.74, 6) is -0.906. The van der Waals surface area contributed by atoms with Gasteiger partial charge in [0.1, 0.15) is 0 Å². The molecule has 1 aromatic heterocycles. The Morgan fingerprint density at radius 2 is 2.46 bits per heavy atom. The van der Waals surface area contributed by atoms with Gasteiger partial charge in [-0.3, -0.25) is 4.79 Å². The van der Waals surface area contributed by atoms with Crippen LogP contribution in [0.3, 0.4) is 0 Å². The van der Waals surface area contributed by atoms with Crippen LogP contribution in [0.1, 0.15) is 20.3 Å². The van der Waals surface area contributed by atoms with Crippen molar-refractivity contribution in [2.45, 2.75) is 26.4 Å². The summed E-state index contributed by atoms with van der Waals surface area (Å²) in [6.07, 6.45) is 1.68. The molecule has 0 aliphatic carbocycles. The van der Waals surface area contributed by atoms with E-state index in [-0.39, 0.29) is 12.1 Å². The fraction of sp³-hybridized carbons (Fsp3) is 0.500. The number of aromatic nitrogens is 2. The molecule has 0 saturated carbocycles. The van der Waals surface area contributed by atoms with Gasteiger partial charge in [0.05, 0.1) is 6.10 Å². The molecule has 0 amide bonds. The van der Waals surface area contributed by atoms with Gasteiger partial charge in [0.15, 0.2) is 0 Å². The normalized spacial score (nSPS) is 12.5. The molecule has 0 aliphatic heterocycles. The van der Waals surface area contributed by atoms with E-state index >= 15 is 0 Å². The standard InChI is InChI=1S/C8H11FN2O2/c1-3-5(2)13-8-10-4-6(9)7(12)11-8/h4-5H,3H2,1-2H3,(H,10,11,12). The maximum atomic E-state index is 12.5. The van der Waals surface area contributed by atoms with Gasteiger partial charge in [-0.05, 0) is 13.3 Å². The minimum absolute atomic E-state index is 0.0476. The molecule has 0 aliphatic rings. The van der Waals surface area contributed by atoms with Crippen LogP contribution in [-0.4, -0.2) is 16.1 Å². The fourth-order valence-electron chi connectivity index (χ4n) is 0.699. The van der Waals surface area contributed by atoms with Crippen molar-refractivity contribution in [3.8, 4) is 6.01 Å². The Morgan fingerprint density at radius 1 is 1.77 bits per heavy atom. The summed E-state index contributed by atoms with van der Waals surface area (Å²) in [6, 6.07) is 0.0563. The number of hydrogen-bond acceptors (Lipinski definition) is 3. The summed E-state index contributed by atoms with van der Waals surface area (Å²) >= 11 is 0. The number of H-pyrrole nitrogens is 1. The van der Waals surface area contributed by atoms with Crippen LogP contribution in [-0.2, 0) is 0 Å². The number of hydrogen-bond donors (Lipinski definition) is 1. The lowest BCUT2D eigenvalue weighted by atomic mass is 10.3. The van der Waals surface area contributed by atoms with Crippen molar-refractivity contribution in [3.63, 3.8) is 0 Å². The van der Waals surface area contributed by atoms with E-state index in [1.54, 1.807) is 0 Å². The Labute approximate surface area is 74.8 Å². The molecular weight excluding hydrogens is 175 g/mol. The molecule has 1 aromatic rings. The maximum Gasteiger partial charge on any atom is 0.311 e. The molecule has 1 heterocycles. The molecule has 13 heavy (non-hydrogen) atoms. The number of aromatic amines is 1. The van der Waals surface area contributed by atoms with Crippen LogP contribution in [0.15, 0.2) is 11.0 Å². The molecule has 0 saturated heterocycles. The highest BCUT2D eigenvalue weighted by molar-refractivity contribution is 4.96. The van der Waals surface area contributed by atoms with E-state index in [1.807, 2.05) is 13.8 Å². The van der Waals surface area contributed by atoms with Gasteiger partial charge in [-0.1, -0.05) is 6.92 Å². The third-order valence-electron chi connectivity index (χ3n) is 1.62. The van der Waals surface area contributed by atoms with Gasteiger partial charge in [0.25, 0.3) is 6.01 Å². The second kappa shape index (κ2) is 4.02. The van der Waals surface area contributed by atoms with Crippen LogP contribution in [0.25, 0.3) is 0 Å². The highest BCUT2D eigenvalue weighted by Crippen LogP contribution is 2.03. The van der Waals surface area contributed by atoms with Crippen molar-refractivity contribution >= 4 is 0 Å². The Morgan fingerprint density at radius 3 is 3.00 bits per heavy atom. The zero-order chi connectivity index (χ0) is 9.84. The van der Waals surface area contributed by atoms with Crippen molar-refractivity contribution in [1.29, 1.82) is 0 Å². The first-order valence-corrected chi connectivity index (χ1v) is 4.05. The first kappa shape index (κ1) is 9.70. The van der Waals surface area contributed by atoms with Crippen LogP contribution >= 0.6 is 0 Å². The smallest absolute Gasteiger partial charge is 0.311 e. The molecule has 1 N–H and O–H groups in total. The molecule has 0 bridgehead atoms. The Bertz CT molecular complexity index is 337. The third kappa shape index (κ3) is 2.54. The zero-order valence-corrected chi connectivity index (χ0v) is 7.50. The van der Waals surface area contributed by atoms with E-state index in [1.165, 1.54) is 0 Å². The number of halogens is 1. The zero-order valence-electron chi connectivity index (χ0n) is 7.50. The summed E-state index contributed by atoms with van der Waals surface area (Å²) in [5.41, 5.74) is -0.906. The topological polar surface area (TPSA) is 55.0 Å². The SMILES string of the molecule is CCC(C)Oc1nc(=O)c(F)c[nH]1. The predicted octanol–water partition coefficient (Wildman–Crippen LogP) is 1.09. The molecule has 4 nitrogen and oxygen atoms in total. The minimum atomic E-state index is -0.906. The van der Waals surface area contributed by atoms with Gasteiger partial charge in [-0.15, -0.1) is 0 Å². The Balaban J connectivity index is 2.80. The molecule has 0 aromatic carbocycles. The third-order valence-corrected chi connectivity index (χ3v) is 1.62. The molecule has 0 spiro atoms. The van der Waals surface area contributed by atoms with Gasteiger partial charge in [-0.25, -0.2) is 0 Å². The van der Waals surface area contributed by atoms with E-state index in [0.717, 1.165) is 12.6 Å². The average Bonchev–Trinajstić information content (AvgIpc) is 2.11. The first-order chi connectivity index (χ1) is 6.13. The fourth-order valence-corrected chi connectivity index (χ4v) is 0.699. The van der Waals surface area contributed by atoms with Crippen LogP contribution in [0.5, 0.6) is 6.01 Å². The average molecular weight is 186 g/mol. The van der Waals surface area contributed by atoms with Crippen molar-refractivity contribution in [2.24, 2.45) is 0 Å². The summed E-state index contributed by atoms with van der Waals surface area (Å²) < 4.78 is 17.6. The van der Waals surface area contributed by atoms with Crippen molar-refractivity contribution in [2.75, 3.05) is 0 Å². The van der Waals surface area contributed by atoms with E-state index in [2.05, 4.69) is 9.97 Å². The molecular formula is C8H11FN2O2. The first-order valence-electron chi connectivity index (χ1n) is 4.05. The molecule has 1 unspecified atom stereocenters. The van der Waals surface area contributed by atoms with Gasteiger partial charge < -0.3 is 9.72 Å². The van der Waals surface area contributed by atoms with E-state index in [9.17, 15) is 9.18 Å². The summed E-state index contributed by atoms with van der Waals surface area (Å²) in [4.78, 5) is 16.5. The monoisotopic (exact) mass is 186 g/mol. The van der Waals surface area contributed by atoms with Gasteiger partial charge in [-0.2, -0.15) is 9.37 Å². The van der Waals surface area contributed by atoms with Crippen molar-refractivity contribution in [1.82, 2.24) is 9.97 Å². The summed E-state index contributed by atoms with van der Waals surface area (Å²) in [6.45, 7) is 3.77. The van der Waals surface area contributed by atoms with Gasteiger partial charge in [0, 0.05) is 6.20 Å². The minimum Gasteiger partial charge on any atom is -0.462 e. The lowest BCUT2D eigenvalue weighted by Gasteiger charge is -2.09. The highest BCUT2D eigenvalue weighted by atomic mass is 19.1. The Hall–Kier alpha value is -1.39. The Kier molecular flexibility index (Phi) is 3.00. The van der Waals surface area contributed by atoms with E-state index in [0.29, 0.717) is 0 Å². The lowest BCUT2D eigenvalue weighted by Crippen LogP contribution is -2.17. The quantitative estimate of drug-likeness (QED) is 0.768. The second-order valence-corrected chi connectivity index (χ2v) is 2.70. The molecule has 0 fully saturated rings.